The Balaban J connectivity index is 2.95. The van der Waals surface area contributed by atoms with Crippen LogP contribution in [0.15, 0.2) is 43.0 Å². The molecule has 2 nitrogen and oxygen atoms in total. The monoisotopic (exact) mass is 205 g/mol. The Hall–Kier alpha value is -1.12. The molecule has 3 N–H and O–H groups in total. The first-order chi connectivity index (χ1) is 6.96. The predicted molar refractivity (Wildman–Crippen MR) is 63.4 cm³/mol. The van der Waals surface area contributed by atoms with Gasteiger partial charge in [0.25, 0.3) is 0 Å². The van der Waals surface area contributed by atoms with Crippen molar-refractivity contribution in [2.75, 3.05) is 0 Å². The fourth-order valence-corrected chi connectivity index (χ4v) is 1.67. The summed E-state index contributed by atoms with van der Waals surface area (Å²) >= 11 is 0. The van der Waals surface area contributed by atoms with Crippen LogP contribution in [0.4, 0.5) is 0 Å². The molecule has 3 atom stereocenters. The second kappa shape index (κ2) is 4.60. The summed E-state index contributed by atoms with van der Waals surface area (Å²) in [7, 11) is 0. The summed E-state index contributed by atoms with van der Waals surface area (Å²) in [5, 5.41) is 9.78. The van der Waals surface area contributed by atoms with Gasteiger partial charge in [-0.25, -0.2) is 0 Å². The molecular formula is C13H19NO. The van der Waals surface area contributed by atoms with E-state index < -0.39 is 5.72 Å². The molecular weight excluding hydrogens is 186 g/mol. The third kappa shape index (κ3) is 2.91. The van der Waals surface area contributed by atoms with E-state index in [2.05, 4.69) is 6.58 Å². The van der Waals surface area contributed by atoms with Gasteiger partial charge in [0.2, 0.25) is 0 Å². The third-order valence-electron chi connectivity index (χ3n) is 2.90. The van der Waals surface area contributed by atoms with Gasteiger partial charge in [-0.05, 0) is 12.5 Å². The van der Waals surface area contributed by atoms with Crippen molar-refractivity contribution in [3.8, 4) is 0 Å². The van der Waals surface area contributed by atoms with Crippen LogP contribution in [0.2, 0.25) is 0 Å². The van der Waals surface area contributed by atoms with Gasteiger partial charge in [0.1, 0.15) is 5.72 Å². The molecule has 0 heterocycles. The number of benzene rings is 1. The number of hydrogen-bond donors (Lipinski definition) is 2. The van der Waals surface area contributed by atoms with Gasteiger partial charge in [0.05, 0.1) is 0 Å². The Morgan fingerprint density at radius 3 is 2.33 bits per heavy atom. The molecule has 2 heteroatoms. The lowest BCUT2D eigenvalue weighted by atomic mass is 9.81. The number of aliphatic hydroxyl groups is 1. The molecule has 0 aromatic heterocycles. The van der Waals surface area contributed by atoms with Crippen LogP contribution in [-0.2, 0) is 0 Å². The van der Waals surface area contributed by atoms with Crippen LogP contribution in [0.1, 0.15) is 25.3 Å². The Labute approximate surface area is 91.4 Å². The fraction of sp³-hybridized carbons (Fsp3) is 0.385. The Morgan fingerprint density at radius 2 is 1.93 bits per heavy atom. The van der Waals surface area contributed by atoms with Crippen LogP contribution in [0.5, 0.6) is 0 Å². The van der Waals surface area contributed by atoms with Crippen LogP contribution in [-0.4, -0.2) is 10.8 Å². The summed E-state index contributed by atoms with van der Waals surface area (Å²) in [6, 6.07) is 9.96. The SMILES string of the molecule is C=CC(c1ccccc1)C(C)C(C)(N)O. The number of nitrogens with two attached hydrogens (primary N) is 1. The van der Waals surface area contributed by atoms with E-state index in [1.165, 1.54) is 0 Å². The highest BCUT2D eigenvalue weighted by Crippen LogP contribution is 2.30. The Morgan fingerprint density at radius 1 is 1.40 bits per heavy atom. The molecule has 82 valence electrons. The average Bonchev–Trinajstić information content (AvgIpc) is 2.19. The minimum atomic E-state index is -1.19. The number of rotatable bonds is 4. The second-order valence-electron chi connectivity index (χ2n) is 4.19. The molecule has 0 aliphatic heterocycles. The smallest absolute Gasteiger partial charge is 0.114 e. The maximum absolute atomic E-state index is 9.78. The van der Waals surface area contributed by atoms with Crippen molar-refractivity contribution in [1.29, 1.82) is 0 Å². The molecule has 1 rings (SSSR count). The van der Waals surface area contributed by atoms with E-state index in [-0.39, 0.29) is 11.8 Å². The predicted octanol–water partition coefficient (Wildman–Crippen LogP) is 2.26. The fourth-order valence-electron chi connectivity index (χ4n) is 1.67. The maximum Gasteiger partial charge on any atom is 0.114 e. The number of hydrogen-bond acceptors (Lipinski definition) is 2. The minimum absolute atomic E-state index is 0.0719. The highest BCUT2D eigenvalue weighted by atomic mass is 16.3. The summed E-state index contributed by atoms with van der Waals surface area (Å²) in [5.41, 5.74) is 5.65. The van der Waals surface area contributed by atoms with Crippen molar-refractivity contribution in [3.63, 3.8) is 0 Å². The maximum atomic E-state index is 9.78. The Kier molecular flexibility index (Phi) is 3.66. The van der Waals surface area contributed by atoms with E-state index in [0.717, 1.165) is 5.56 Å². The lowest BCUT2D eigenvalue weighted by Gasteiger charge is -2.31. The molecule has 0 aliphatic rings. The van der Waals surface area contributed by atoms with Gasteiger partial charge in [-0.2, -0.15) is 0 Å². The lowest BCUT2D eigenvalue weighted by molar-refractivity contribution is 0.00679. The molecule has 0 saturated heterocycles. The molecule has 0 aliphatic carbocycles. The zero-order chi connectivity index (χ0) is 11.5. The van der Waals surface area contributed by atoms with Gasteiger partial charge >= 0.3 is 0 Å². The molecule has 1 aromatic carbocycles. The quantitative estimate of drug-likeness (QED) is 0.585. The molecule has 15 heavy (non-hydrogen) atoms. The summed E-state index contributed by atoms with van der Waals surface area (Å²) in [6.45, 7) is 7.36. The van der Waals surface area contributed by atoms with Gasteiger partial charge < -0.3 is 10.8 Å². The van der Waals surface area contributed by atoms with E-state index >= 15 is 0 Å². The van der Waals surface area contributed by atoms with E-state index in [4.69, 9.17) is 5.73 Å². The van der Waals surface area contributed by atoms with Gasteiger partial charge in [-0.3, -0.25) is 0 Å². The topological polar surface area (TPSA) is 46.2 Å². The van der Waals surface area contributed by atoms with Crippen LogP contribution in [0.3, 0.4) is 0 Å². The molecule has 0 bridgehead atoms. The van der Waals surface area contributed by atoms with E-state index in [0.29, 0.717) is 0 Å². The zero-order valence-corrected chi connectivity index (χ0v) is 9.35. The lowest BCUT2D eigenvalue weighted by Crippen LogP contribution is -2.44. The summed E-state index contributed by atoms with van der Waals surface area (Å²) in [4.78, 5) is 0. The van der Waals surface area contributed by atoms with Crippen molar-refractivity contribution >= 4 is 0 Å². The molecule has 0 fully saturated rings. The average molecular weight is 205 g/mol. The van der Waals surface area contributed by atoms with Crippen LogP contribution in [0.25, 0.3) is 0 Å². The second-order valence-corrected chi connectivity index (χ2v) is 4.19. The minimum Gasteiger partial charge on any atom is -0.376 e. The number of allylic oxidation sites excluding steroid dienone is 1. The largest absolute Gasteiger partial charge is 0.376 e. The summed E-state index contributed by atoms with van der Waals surface area (Å²) in [6.07, 6.45) is 1.83. The molecule has 1 aromatic rings. The first-order valence-electron chi connectivity index (χ1n) is 5.15. The summed E-state index contributed by atoms with van der Waals surface area (Å²) in [5.74, 6) is 0.00333. The van der Waals surface area contributed by atoms with E-state index in [1.54, 1.807) is 6.92 Å². The molecule has 0 spiro atoms. The van der Waals surface area contributed by atoms with Crippen LogP contribution < -0.4 is 5.73 Å². The van der Waals surface area contributed by atoms with Crippen LogP contribution in [0, 0.1) is 5.92 Å². The normalized spacial score (nSPS) is 18.9. The van der Waals surface area contributed by atoms with E-state index in [9.17, 15) is 5.11 Å². The molecule has 0 radical (unpaired) electrons. The third-order valence-corrected chi connectivity index (χ3v) is 2.90. The highest BCUT2D eigenvalue weighted by molar-refractivity contribution is 5.24. The van der Waals surface area contributed by atoms with Gasteiger partial charge in [0.15, 0.2) is 0 Å². The van der Waals surface area contributed by atoms with Crippen molar-refractivity contribution < 1.29 is 5.11 Å². The van der Waals surface area contributed by atoms with Crippen molar-refractivity contribution in [3.05, 3.63) is 48.6 Å². The van der Waals surface area contributed by atoms with Crippen LogP contribution >= 0.6 is 0 Å². The van der Waals surface area contributed by atoms with E-state index in [1.807, 2.05) is 43.3 Å². The molecule has 0 saturated carbocycles. The van der Waals surface area contributed by atoms with Crippen molar-refractivity contribution in [2.24, 2.45) is 11.7 Å². The first kappa shape index (κ1) is 12.0. The Bertz CT molecular complexity index is 313. The van der Waals surface area contributed by atoms with Gasteiger partial charge in [0, 0.05) is 11.8 Å². The van der Waals surface area contributed by atoms with Crippen molar-refractivity contribution in [2.45, 2.75) is 25.5 Å². The standard InChI is InChI=1S/C13H19NO/c1-4-12(10(2)13(3,14)15)11-8-6-5-7-9-11/h4-10,12,15H,1,14H2,2-3H3. The zero-order valence-electron chi connectivity index (χ0n) is 9.35. The van der Waals surface area contributed by atoms with Crippen molar-refractivity contribution in [1.82, 2.24) is 0 Å². The van der Waals surface area contributed by atoms with Gasteiger partial charge in [-0.1, -0.05) is 43.3 Å². The highest BCUT2D eigenvalue weighted by Gasteiger charge is 2.29. The summed E-state index contributed by atoms with van der Waals surface area (Å²) < 4.78 is 0. The van der Waals surface area contributed by atoms with Gasteiger partial charge in [-0.15, -0.1) is 6.58 Å². The molecule has 0 amide bonds. The first-order valence-corrected chi connectivity index (χ1v) is 5.15. The molecule has 3 unspecified atom stereocenters.